The summed E-state index contributed by atoms with van der Waals surface area (Å²) in [5, 5.41) is 15.4. The van der Waals surface area contributed by atoms with Gasteiger partial charge in [0, 0.05) is 32.1 Å². The third kappa shape index (κ3) is 3.32. The van der Waals surface area contributed by atoms with Crippen LogP contribution in [0.15, 0.2) is 0 Å². The van der Waals surface area contributed by atoms with Crippen LogP contribution >= 0.6 is 0 Å². The second-order valence-electron chi connectivity index (χ2n) is 5.16. The number of nitrogens with zero attached hydrogens (tertiary/aromatic N) is 4. The number of aromatic nitrogens is 3. The first-order valence-corrected chi connectivity index (χ1v) is 6.63. The van der Waals surface area contributed by atoms with E-state index in [0.717, 1.165) is 0 Å². The van der Waals surface area contributed by atoms with Crippen molar-refractivity contribution in [3.05, 3.63) is 11.6 Å². The molecule has 0 aromatic carbocycles. The molecule has 110 valence electrons. The molecule has 1 aromatic heterocycles. The Morgan fingerprint density at radius 3 is 2.45 bits per heavy atom. The number of aliphatic carboxylic acids is 1. The van der Waals surface area contributed by atoms with Crippen molar-refractivity contribution in [2.45, 2.75) is 19.8 Å². The lowest BCUT2D eigenvalue weighted by Gasteiger charge is -2.33. The molecule has 20 heavy (non-hydrogen) atoms. The smallest absolute Gasteiger partial charge is 0.317 e. The molecule has 0 spiro atoms. The van der Waals surface area contributed by atoms with Crippen LogP contribution in [0.5, 0.6) is 0 Å². The zero-order valence-corrected chi connectivity index (χ0v) is 11.7. The van der Waals surface area contributed by atoms with Gasteiger partial charge in [-0.1, -0.05) is 13.8 Å². The highest BCUT2D eigenvalue weighted by atomic mass is 16.4. The number of carbonyl (C=O) groups excluding carboxylic acids is 1. The number of amides is 1. The highest BCUT2D eigenvalue weighted by Gasteiger charge is 2.25. The quantitative estimate of drug-likeness (QED) is 0.790. The Hall–Kier alpha value is -1.96. The van der Waals surface area contributed by atoms with E-state index in [1.54, 1.807) is 4.90 Å². The summed E-state index contributed by atoms with van der Waals surface area (Å²) >= 11 is 0. The van der Waals surface area contributed by atoms with Gasteiger partial charge in [0.1, 0.15) is 5.82 Å². The molecule has 1 fully saturated rings. The van der Waals surface area contributed by atoms with Gasteiger partial charge in [-0.25, -0.2) is 4.98 Å². The van der Waals surface area contributed by atoms with E-state index in [-0.39, 0.29) is 24.2 Å². The predicted molar refractivity (Wildman–Crippen MR) is 70.5 cm³/mol. The van der Waals surface area contributed by atoms with Gasteiger partial charge in [-0.3, -0.25) is 19.6 Å². The first-order valence-electron chi connectivity index (χ1n) is 6.63. The predicted octanol–water partition coefficient (Wildman–Crippen LogP) is -0.229. The molecule has 2 N–H and O–H groups in total. The molecule has 1 saturated heterocycles. The second-order valence-corrected chi connectivity index (χ2v) is 5.16. The minimum atomic E-state index is -0.847. The van der Waals surface area contributed by atoms with Gasteiger partial charge in [0.25, 0.3) is 5.91 Å². The summed E-state index contributed by atoms with van der Waals surface area (Å²) in [5.74, 6) is 0.0122. The van der Waals surface area contributed by atoms with E-state index in [2.05, 4.69) is 15.2 Å². The van der Waals surface area contributed by atoms with Crippen LogP contribution in [0.2, 0.25) is 0 Å². The molecule has 1 amide bonds. The molecule has 0 aliphatic carbocycles. The van der Waals surface area contributed by atoms with Crippen LogP contribution in [0.25, 0.3) is 0 Å². The summed E-state index contributed by atoms with van der Waals surface area (Å²) in [6.07, 6.45) is 0. The van der Waals surface area contributed by atoms with Gasteiger partial charge in [-0.05, 0) is 0 Å². The summed E-state index contributed by atoms with van der Waals surface area (Å²) in [7, 11) is 0. The fraction of sp³-hybridized carbons (Fsp3) is 0.667. The molecular weight excluding hydrogens is 262 g/mol. The molecule has 0 bridgehead atoms. The second kappa shape index (κ2) is 6.00. The third-order valence-corrected chi connectivity index (χ3v) is 3.26. The lowest BCUT2D eigenvalue weighted by molar-refractivity contribution is -0.138. The molecule has 8 nitrogen and oxygen atoms in total. The fourth-order valence-corrected chi connectivity index (χ4v) is 2.07. The molecule has 1 aliphatic heterocycles. The van der Waals surface area contributed by atoms with Gasteiger partial charge in [0.2, 0.25) is 5.82 Å². The zero-order valence-electron chi connectivity index (χ0n) is 11.7. The number of piperazine rings is 1. The van der Waals surface area contributed by atoms with E-state index in [9.17, 15) is 9.59 Å². The van der Waals surface area contributed by atoms with Gasteiger partial charge in [-0.15, -0.1) is 5.10 Å². The van der Waals surface area contributed by atoms with Crippen molar-refractivity contribution in [3.63, 3.8) is 0 Å². The number of H-pyrrole nitrogens is 1. The maximum absolute atomic E-state index is 12.2. The van der Waals surface area contributed by atoms with E-state index in [1.165, 1.54) is 0 Å². The Balaban J connectivity index is 1.92. The van der Waals surface area contributed by atoms with Gasteiger partial charge in [0.15, 0.2) is 0 Å². The molecule has 0 atom stereocenters. The van der Waals surface area contributed by atoms with Crippen molar-refractivity contribution in [2.24, 2.45) is 0 Å². The summed E-state index contributed by atoms with van der Waals surface area (Å²) in [6, 6.07) is 0. The molecule has 2 rings (SSSR count). The van der Waals surface area contributed by atoms with Crippen molar-refractivity contribution >= 4 is 11.9 Å². The van der Waals surface area contributed by atoms with Crippen LogP contribution in [0.4, 0.5) is 0 Å². The van der Waals surface area contributed by atoms with Crippen molar-refractivity contribution in [1.82, 2.24) is 25.0 Å². The average molecular weight is 281 g/mol. The average Bonchev–Trinajstić information content (AvgIpc) is 2.88. The molecular formula is C12H19N5O3. The SMILES string of the molecule is CC(C)c1nc(C(=O)N2CCN(CC(=O)O)CC2)n[nH]1. The number of hydrogen-bond acceptors (Lipinski definition) is 5. The lowest BCUT2D eigenvalue weighted by Crippen LogP contribution is -2.50. The maximum atomic E-state index is 12.2. The highest BCUT2D eigenvalue weighted by molar-refractivity contribution is 5.90. The molecule has 0 unspecified atom stereocenters. The number of carboxylic acids is 1. The van der Waals surface area contributed by atoms with Gasteiger partial charge in [-0.2, -0.15) is 0 Å². The topological polar surface area (TPSA) is 102 Å². The minimum absolute atomic E-state index is 0.0141. The van der Waals surface area contributed by atoms with Gasteiger partial charge < -0.3 is 10.0 Å². The Morgan fingerprint density at radius 1 is 1.30 bits per heavy atom. The van der Waals surface area contributed by atoms with Crippen LogP contribution in [-0.2, 0) is 4.79 Å². The van der Waals surface area contributed by atoms with E-state index in [4.69, 9.17) is 5.11 Å². The number of hydrogen-bond donors (Lipinski definition) is 2. The molecule has 0 saturated carbocycles. The summed E-state index contributed by atoms with van der Waals surface area (Å²) < 4.78 is 0. The standard InChI is InChI=1S/C12H19N5O3/c1-8(2)10-13-11(15-14-10)12(20)17-5-3-16(4-6-17)7-9(18)19/h8H,3-7H2,1-2H3,(H,18,19)(H,13,14,15). The molecule has 2 heterocycles. The van der Waals surface area contributed by atoms with Crippen molar-refractivity contribution in [3.8, 4) is 0 Å². The lowest BCUT2D eigenvalue weighted by atomic mass is 10.2. The monoisotopic (exact) mass is 281 g/mol. The Morgan fingerprint density at radius 2 is 1.95 bits per heavy atom. The molecule has 8 heteroatoms. The summed E-state index contributed by atoms with van der Waals surface area (Å²) in [6.45, 7) is 6.06. The van der Waals surface area contributed by atoms with E-state index in [0.29, 0.717) is 32.0 Å². The number of nitrogens with one attached hydrogen (secondary N) is 1. The number of rotatable bonds is 4. The van der Waals surface area contributed by atoms with E-state index >= 15 is 0 Å². The molecule has 1 aromatic rings. The molecule has 1 aliphatic rings. The summed E-state index contributed by atoms with van der Waals surface area (Å²) in [4.78, 5) is 30.5. The first-order chi connectivity index (χ1) is 9.47. The van der Waals surface area contributed by atoms with Crippen LogP contribution in [0.3, 0.4) is 0 Å². The Bertz CT molecular complexity index is 491. The largest absolute Gasteiger partial charge is 0.480 e. The Labute approximate surface area is 116 Å². The summed E-state index contributed by atoms with van der Waals surface area (Å²) in [5.41, 5.74) is 0. The first kappa shape index (κ1) is 14.4. The number of carboxylic acid groups (broad SMARTS) is 1. The van der Waals surface area contributed by atoms with E-state index in [1.807, 2.05) is 18.7 Å². The van der Waals surface area contributed by atoms with Crippen LogP contribution < -0.4 is 0 Å². The van der Waals surface area contributed by atoms with Crippen LogP contribution in [0.1, 0.15) is 36.2 Å². The fourth-order valence-electron chi connectivity index (χ4n) is 2.07. The number of carbonyl (C=O) groups is 2. The third-order valence-electron chi connectivity index (χ3n) is 3.26. The van der Waals surface area contributed by atoms with Crippen molar-refractivity contribution < 1.29 is 14.7 Å². The normalized spacial score (nSPS) is 16.6. The van der Waals surface area contributed by atoms with Gasteiger partial charge in [0.05, 0.1) is 6.54 Å². The van der Waals surface area contributed by atoms with Crippen molar-refractivity contribution in [2.75, 3.05) is 32.7 Å². The highest BCUT2D eigenvalue weighted by Crippen LogP contribution is 2.10. The van der Waals surface area contributed by atoms with E-state index < -0.39 is 5.97 Å². The minimum Gasteiger partial charge on any atom is -0.480 e. The molecule has 0 radical (unpaired) electrons. The number of aromatic amines is 1. The zero-order chi connectivity index (χ0) is 14.7. The van der Waals surface area contributed by atoms with Crippen molar-refractivity contribution in [1.29, 1.82) is 0 Å². The maximum Gasteiger partial charge on any atom is 0.317 e. The van der Waals surface area contributed by atoms with Gasteiger partial charge >= 0.3 is 5.97 Å². The van der Waals surface area contributed by atoms with Crippen LogP contribution in [-0.4, -0.2) is 74.7 Å². The van der Waals surface area contributed by atoms with Crippen LogP contribution in [0, 0.1) is 0 Å². The Kier molecular flexibility index (Phi) is 4.33.